The first-order valence-electron chi connectivity index (χ1n) is 6.19. The molecule has 1 atom stereocenters. The standard InChI is InChI=1S/C12H17N3S2/c1-2-10-11(3-1)14-8-15-12(10)13-6-9-7-16-4-5-17-9/h8-9H,1-7H2,(H,13,14,15). The second-order valence-corrected chi connectivity index (χ2v) is 7.01. The van der Waals surface area contributed by atoms with Crippen LogP contribution in [0.5, 0.6) is 0 Å². The largest absolute Gasteiger partial charge is 0.369 e. The van der Waals surface area contributed by atoms with Crippen LogP contribution in [-0.4, -0.2) is 39.0 Å². The molecule has 1 fully saturated rings. The summed E-state index contributed by atoms with van der Waals surface area (Å²) in [6.07, 6.45) is 5.21. The van der Waals surface area contributed by atoms with E-state index in [4.69, 9.17) is 0 Å². The quantitative estimate of drug-likeness (QED) is 0.909. The second-order valence-electron chi connectivity index (χ2n) is 4.45. The van der Waals surface area contributed by atoms with Crippen molar-refractivity contribution < 1.29 is 0 Å². The van der Waals surface area contributed by atoms with Gasteiger partial charge in [-0.25, -0.2) is 9.97 Å². The number of nitrogens with zero attached hydrogens (tertiary/aromatic N) is 2. The van der Waals surface area contributed by atoms with Gasteiger partial charge in [0.1, 0.15) is 12.1 Å². The summed E-state index contributed by atoms with van der Waals surface area (Å²) in [6, 6.07) is 0. The van der Waals surface area contributed by atoms with Crippen LogP contribution in [0.2, 0.25) is 0 Å². The molecule has 0 saturated carbocycles. The molecular formula is C12H17N3S2. The van der Waals surface area contributed by atoms with Gasteiger partial charge in [0.15, 0.2) is 0 Å². The summed E-state index contributed by atoms with van der Waals surface area (Å²) in [7, 11) is 0. The minimum Gasteiger partial charge on any atom is -0.369 e. The molecule has 0 radical (unpaired) electrons. The van der Waals surface area contributed by atoms with Gasteiger partial charge in [-0.3, -0.25) is 0 Å². The van der Waals surface area contributed by atoms with Gasteiger partial charge in [-0.1, -0.05) is 0 Å². The van der Waals surface area contributed by atoms with Crippen molar-refractivity contribution >= 4 is 29.3 Å². The molecule has 5 heteroatoms. The van der Waals surface area contributed by atoms with E-state index in [1.165, 1.54) is 34.9 Å². The maximum atomic E-state index is 4.40. The van der Waals surface area contributed by atoms with Gasteiger partial charge in [-0.05, 0) is 19.3 Å². The van der Waals surface area contributed by atoms with Gasteiger partial charge in [0, 0.05) is 40.3 Å². The number of thioether (sulfide) groups is 2. The average molecular weight is 267 g/mol. The molecule has 0 aromatic carbocycles. The molecule has 2 heterocycles. The van der Waals surface area contributed by atoms with E-state index in [9.17, 15) is 0 Å². The van der Waals surface area contributed by atoms with Crippen molar-refractivity contribution in [2.75, 3.05) is 29.1 Å². The van der Waals surface area contributed by atoms with Crippen LogP contribution in [0.15, 0.2) is 6.33 Å². The Hall–Kier alpha value is -0.420. The molecule has 1 N–H and O–H groups in total. The van der Waals surface area contributed by atoms with Crippen LogP contribution in [0, 0.1) is 0 Å². The smallest absolute Gasteiger partial charge is 0.132 e. The van der Waals surface area contributed by atoms with Crippen LogP contribution < -0.4 is 5.32 Å². The Bertz CT molecular complexity index is 391. The van der Waals surface area contributed by atoms with Crippen LogP contribution in [0.3, 0.4) is 0 Å². The summed E-state index contributed by atoms with van der Waals surface area (Å²) in [6.45, 7) is 1.04. The predicted molar refractivity (Wildman–Crippen MR) is 76.1 cm³/mol. The van der Waals surface area contributed by atoms with Crippen LogP contribution in [0.4, 0.5) is 5.82 Å². The summed E-state index contributed by atoms with van der Waals surface area (Å²) in [5, 5.41) is 4.27. The third-order valence-electron chi connectivity index (χ3n) is 3.26. The van der Waals surface area contributed by atoms with Crippen molar-refractivity contribution in [3.8, 4) is 0 Å². The number of hydrogen-bond acceptors (Lipinski definition) is 5. The number of anilines is 1. The van der Waals surface area contributed by atoms with Gasteiger partial charge >= 0.3 is 0 Å². The Labute approximate surface area is 111 Å². The number of rotatable bonds is 3. The number of aromatic nitrogens is 2. The summed E-state index contributed by atoms with van der Waals surface area (Å²) in [4.78, 5) is 8.75. The highest BCUT2D eigenvalue weighted by molar-refractivity contribution is 8.06. The Kier molecular flexibility index (Phi) is 3.76. The minimum atomic E-state index is 0.737. The number of aryl methyl sites for hydroxylation is 1. The Morgan fingerprint density at radius 3 is 3.18 bits per heavy atom. The van der Waals surface area contributed by atoms with E-state index >= 15 is 0 Å². The first-order valence-corrected chi connectivity index (χ1v) is 8.40. The lowest BCUT2D eigenvalue weighted by Gasteiger charge is -2.21. The molecule has 2 aliphatic rings. The number of hydrogen-bond donors (Lipinski definition) is 1. The van der Waals surface area contributed by atoms with E-state index in [2.05, 4.69) is 38.8 Å². The van der Waals surface area contributed by atoms with Crippen molar-refractivity contribution in [2.45, 2.75) is 24.5 Å². The van der Waals surface area contributed by atoms with Crippen LogP contribution in [0.1, 0.15) is 17.7 Å². The highest BCUT2D eigenvalue weighted by Crippen LogP contribution is 2.27. The summed E-state index contributed by atoms with van der Waals surface area (Å²) >= 11 is 4.16. The zero-order valence-electron chi connectivity index (χ0n) is 9.82. The van der Waals surface area contributed by atoms with Crippen molar-refractivity contribution in [1.29, 1.82) is 0 Å². The summed E-state index contributed by atoms with van der Waals surface area (Å²) in [5.41, 5.74) is 2.62. The second kappa shape index (κ2) is 5.48. The predicted octanol–water partition coefficient (Wildman–Crippen LogP) is 2.23. The van der Waals surface area contributed by atoms with E-state index in [0.29, 0.717) is 0 Å². The van der Waals surface area contributed by atoms with E-state index in [1.54, 1.807) is 6.33 Å². The number of fused-ring (bicyclic) bond motifs is 1. The van der Waals surface area contributed by atoms with Crippen molar-refractivity contribution in [2.24, 2.45) is 0 Å². The van der Waals surface area contributed by atoms with Gasteiger partial charge in [0.05, 0.1) is 0 Å². The molecule has 3 nitrogen and oxygen atoms in total. The van der Waals surface area contributed by atoms with E-state index in [-0.39, 0.29) is 0 Å². The van der Waals surface area contributed by atoms with Crippen molar-refractivity contribution in [3.05, 3.63) is 17.6 Å². The van der Waals surface area contributed by atoms with Crippen molar-refractivity contribution in [3.63, 3.8) is 0 Å². The maximum Gasteiger partial charge on any atom is 0.132 e. The van der Waals surface area contributed by atoms with Gasteiger partial charge in [0.2, 0.25) is 0 Å². The molecule has 1 unspecified atom stereocenters. The summed E-state index contributed by atoms with van der Waals surface area (Å²) in [5.74, 6) is 4.96. The molecule has 17 heavy (non-hydrogen) atoms. The first-order chi connectivity index (χ1) is 8.43. The van der Waals surface area contributed by atoms with Gasteiger partial charge in [0.25, 0.3) is 0 Å². The number of nitrogens with one attached hydrogen (secondary N) is 1. The third-order valence-corrected chi connectivity index (χ3v) is 6.10. The molecule has 1 aromatic heterocycles. The fourth-order valence-corrected chi connectivity index (χ4v) is 4.99. The van der Waals surface area contributed by atoms with E-state index in [1.807, 2.05) is 0 Å². The molecule has 1 saturated heterocycles. The van der Waals surface area contributed by atoms with E-state index < -0.39 is 0 Å². The molecule has 1 aliphatic carbocycles. The lowest BCUT2D eigenvalue weighted by atomic mass is 10.2. The normalized spacial score (nSPS) is 23.4. The van der Waals surface area contributed by atoms with Crippen molar-refractivity contribution in [1.82, 2.24) is 9.97 Å². The Morgan fingerprint density at radius 1 is 1.29 bits per heavy atom. The van der Waals surface area contributed by atoms with E-state index in [0.717, 1.165) is 30.5 Å². The molecular weight excluding hydrogens is 250 g/mol. The van der Waals surface area contributed by atoms with Gasteiger partial charge in [-0.15, -0.1) is 0 Å². The maximum absolute atomic E-state index is 4.40. The first kappa shape index (κ1) is 11.7. The molecule has 0 spiro atoms. The molecule has 1 aromatic rings. The Morgan fingerprint density at radius 2 is 2.29 bits per heavy atom. The highest BCUT2D eigenvalue weighted by atomic mass is 32.2. The average Bonchev–Trinajstić information content (AvgIpc) is 2.86. The lowest BCUT2D eigenvalue weighted by Crippen LogP contribution is -2.24. The fraction of sp³-hybridized carbons (Fsp3) is 0.667. The van der Waals surface area contributed by atoms with Gasteiger partial charge < -0.3 is 5.32 Å². The monoisotopic (exact) mass is 267 g/mol. The van der Waals surface area contributed by atoms with Crippen LogP contribution in [-0.2, 0) is 12.8 Å². The van der Waals surface area contributed by atoms with Crippen LogP contribution >= 0.6 is 23.5 Å². The highest BCUT2D eigenvalue weighted by Gasteiger charge is 2.19. The lowest BCUT2D eigenvalue weighted by molar-refractivity contribution is 0.899. The zero-order valence-corrected chi connectivity index (χ0v) is 11.4. The minimum absolute atomic E-state index is 0.737. The fourth-order valence-electron chi connectivity index (χ4n) is 2.38. The van der Waals surface area contributed by atoms with Gasteiger partial charge in [-0.2, -0.15) is 23.5 Å². The molecule has 3 rings (SSSR count). The molecule has 92 valence electrons. The molecule has 0 amide bonds. The summed E-state index contributed by atoms with van der Waals surface area (Å²) < 4.78 is 0. The zero-order chi connectivity index (χ0) is 11.5. The SMILES string of the molecule is c1nc2c(c(NCC3CSCCS3)n1)CCC2. The third kappa shape index (κ3) is 2.71. The molecule has 0 bridgehead atoms. The Balaban J connectivity index is 1.63. The topological polar surface area (TPSA) is 37.8 Å². The van der Waals surface area contributed by atoms with Crippen LogP contribution in [0.25, 0.3) is 0 Å². The molecule has 1 aliphatic heterocycles.